The Bertz CT molecular complexity index is 712. The number of carbonyl (C=O) groups is 2. The Hall–Kier alpha value is -2.29. The number of likely N-dealkylation sites (tertiary alicyclic amines) is 1. The van der Waals surface area contributed by atoms with Gasteiger partial charge in [-0.1, -0.05) is 6.42 Å². The fraction of sp³-hybridized carbons (Fsp3) is 0.533. The minimum absolute atomic E-state index is 0.168. The van der Waals surface area contributed by atoms with E-state index in [1.165, 1.54) is 17.7 Å². The van der Waals surface area contributed by atoms with E-state index in [1.807, 2.05) is 4.90 Å². The number of carbonyl (C=O) groups excluding carboxylic acids is 2. The number of hydrogen-bond acceptors (Lipinski definition) is 6. The van der Waals surface area contributed by atoms with Gasteiger partial charge in [-0.2, -0.15) is 5.10 Å². The molecular formula is C15H20N6O2S. The Labute approximate surface area is 143 Å². The maximum absolute atomic E-state index is 12.3. The number of aryl methyl sites for hydroxylation is 1. The van der Waals surface area contributed by atoms with Gasteiger partial charge in [0.25, 0.3) is 5.91 Å². The third kappa shape index (κ3) is 3.78. The second kappa shape index (κ2) is 7.52. The molecule has 2 aromatic heterocycles. The summed E-state index contributed by atoms with van der Waals surface area (Å²) >= 11 is 1.28. The lowest BCUT2D eigenvalue weighted by molar-refractivity contribution is -0.130. The number of nitrogens with zero attached hydrogens (tertiary/aromatic N) is 4. The van der Waals surface area contributed by atoms with Gasteiger partial charge >= 0.3 is 0 Å². The number of nitrogens with one attached hydrogen (secondary N) is 2. The van der Waals surface area contributed by atoms with Crippen LogP contribution in [0.15, 0.2) is 6.33 Å². The van der Waals surface area contributed by atoms with Gasteiger partial charge in [-0.3, -0.25) is 14.7 Å². The summed E-state index contributed by atoms with van der Waals surface area (Å²) in [7, 11) is 0. The molecule has 2 aromatic rings. The number of hydrogen-bond donors (Lipinski definition) is 2. The van der Waals surface area contributed by atoms with Gasteiger partial charge in [0.1, 0.15) is 11.2 Å². The van der Waals surface area contributed by atoms with Gasteiger partial charge in [0.05, 0.1) is 5.69 Å². The third-order valence-electron chi connectivity index (χ3n) is 3.96. The van der Waals surface area contributed by atoms with E-state index in [2.05, 4.69) is 25.5 Å². The van der Waals surface area contributed by atoms with Gasteiger partial charge in [0, 0.05) is 26.1 Å². The number of aromatic nitrogens is 4. The van der Waals surface area contributed by atoms with Crippen molar-refractivity contribution in [2.75, 3.05) is 19.6 Å². The maximum atomic E-state index is 12.3. The van der Waals surface area contributed by atoms with Crippen molar-refractivity contribution in [3.05, 3.63) is 16.9 Å². The molecule has 0 aromatic carbocycles. The van der Waals surface area contributed by atoms with Gasteiger partial charge in [0.2, 0.25) is 5.91 Å². The van der Waals surface area contributed by atoms with E-state index in [0.717, 1.165) is 25.8 Å². The highest BCUT2D eigenvalue weighted by molar-refractivity contribution is 7.17. The van der Waals surface area contributed by atoms with Crippen molar-refractivity contribution in [1.82, 2.24) is 30.4 Å². The van der Waals surface area contributed by atoms with E-state index in [9.17, 15) is 9.59 Å². The zero-order valence-corrected chi connectivity index (χ0v) is 14.4. The van der Waals surface area contributed by atoms with E-state index < -0.39 is 0 Å². The molecular weight excluding hydrogens is 328 g/mol. The van der Waals surface area contributed by atoms with Crippen LogP contribution < -0.4 is 5.32 Å². The molecule has 9 heteroatoms. The minimum atomic E-state index is -0.168. The van der Waals surface area contributed by atoms with E-state index in [0.29, 0.717) is 40.9 Å². The standard InChI is InChI=1S/C15H20N6O2S/c1-10-12(24-15(19-10)13-17-9-18-20-13)14(23)16-6-8-21-7-4-2-3-5-11(21)22/h9H,2-8H2,1H3,(H,16,23)(H,17,18,20). The van der Waals surface area contributed by atoms with E-state index in [1.54, 1.807) is 6.92 Å². The summed E-state index contributed by atoms with van der Waals surface area (Å²) in [5.74, 6) is 0.568. The molecule has 1 aliphatic rings. The van der Waals surface area contributed by atoms with Gasteiger partial charge in [-0.05, 0) is 19.8 Å². The Morgan fingerprint density at radius 3 is 3.08 bits per heavy atom. The minimum Gasteiger partial charge on any atom is -0.350 e. The van der Waals surface area contributed by atoms with Crippen molar-refractivity contribution in [3.8, 4) is 10.8 Å². The molecule has 1 aliphatic heterocycles. The van der Waals surface area contributed by atoms with Crippen molar-refractivity contribution in [3.63, 3.8) is 0 Å². The molecule has 2 amide bonds. The van der Waals surface area contributed by atoms with Crippen molar-refractivity contribution in [2.24, 2.45) is 0 Å². The summed E-state index contributed by atoms with van der Waals surface area (Å²) in [6.45, 7) is 3.57. The zero-order chi connectivity index (χ0) is 16.9. The molecule has 0 atom stereocenters. The average molecular weight is 348 g/mol. The number of H-pyrrole nitrogens is 1. The first kappa shape index (κ1) is 16.6. The van der Waals surface area contributed by atoms with Gasteiger partial charge in [-0.25, -0.2) is 9.97 Å². The Morgan fingerprint density at radius 2 is 2.29 bits per heavy atom. The molecule has 24 heavy (non-hydrogen) atoms. The molecule has 3 rings (SSSR count). The zero-order valence-electron chi connectivity index (χ0n) is 13.5. The molecule has 3 heterocycles. The van der Waals surface area contributed by atoms with E-state index in [4.69, 9.17) is 0 Å². The topological polar surface area (TPSA) is 104 Å². The van der Waals surface area contributed by atoms with Gasteiger partial charge in [-0.15, -0.1) is 11.3 Å². The first-order chi connectivity index (χ1) is 11.6. The summed E-state index contributed by atoms with van der Waals surface area (Å²) in [5, 5.41) is 10.0. The molecule has 0 radical (unpaired) electrons. The number of aromatic amines is 1. The smallest absolute Gasteiger partial charge is 0.263 e. The van der Waals surface area contributed by atoms with Crippen molar-refractivity contribution >= 4 is 23.2 Å². The molecule has 1 fully saturated rings. The summed E-state index contributed by atoms with van der Waals surface area (Å²) in [6, 6.07) is 0. The second-order valence-electron chi connectivity index (χ2n) is 5.71. The lowest BCUT2D eigenvalue weighted by Crippen LogP contribution is -2.38. The summed E-state index contributed by atoms with van der Waals surface area (Å²) < 4.78 is 0. The van der Waals surface area contributed by atoms with Gasteiger partial charge < -0.3 is 10.2 Å². The predicted octanol–water partition coefficient (Wildman–Crippen LogP) is 1.37. The fourth-order valence-electron chi connectivity index (χ4n) is 2.68. The quantitative estimate of drug-likeness (QED) is 0.849. The lowest BCUT2D eigenvalue weighted by Gasteiger charge is -2.20. The summed E-state index contributed by atoms with van der Waals surface area (Å²) in [6.07, 6.45) is 5.12. The number of thiazole rings is 1. The fourth-order valence-corrected chi connectivity index (χ4v) is 3.61. The predicted molar refractivity (Wildman–Crippen MR) is 89.6 cm³/mol. The van der Waals surface area contributed by atoms with Crippen LogP contribution >= 0.6 is 11.3 Å². The molecule has 2 N–H and O–H groups in total. The molecule has 0 saturated carbocycles. The number of rotatable bonds is 5. The van der Waals surface area contributed by atoms with E-state index >= 15 is 0 Å². The van der Waals surface area contributed by atoms with Crippen molar-refractivity contribution < 1.29 is 9.59 Å². The molecule has 8 nitrogen and oxygen atoms in total. The first-order valence-corrected chi connectivity index (χ1v) is 8.86. The molecule has 0 unspecified atom stereocenters. The molecule has 0 spiro atoms. The molecule has 0 aliphatic carbocycles. The Kier molecular flexibility index (Phi) is 5.19. The van der Waals surface area contributed by atoms with Crippen molar-refractivity contribution in [2.45, 2.75) is 32.6 Å². The summed E-state index contributed by atoms with van der Waals surface area (Å²) in [5.41, 5.74) is 0.662. The van der Waals surface area contributed by atoms with Crippen LogP contribution in [-0.4, -0.2) is 56.5 Å². The van der Waals surface area contributed by atoms with Crippen LogP contribution in [0.3, 0.4) is 0 Å². The molecule has 128 valence electrons. The monoisotopic (exact) mass is 348 g/mol. The molecule has 0 bridgehead atoms. The van der Waals surface area contributed by atoms with Crippen LogP contribution in [-0.2, 0) is 4.79 Å². The number of amides is 2. The summed E-state index contributed by atoms with van der Waals surface area (Å²) in [4.78, 5) is 35.1. The molecule has 1 saturated heterocycles. The van der Waals surface area contributed by atoms with Crippen LogP contribution in [0, 0.1) is 6.92 Å². The largest absolute Gasteiger partial charge is 0.350 e. The SMILES string of the molecule is Cc1nc(-c2ncn[nH]2)sc1C(=O)NCCN1CCCCCC1=O. The lowest BCUT2D eigenvalue weighted by atomic mass is 10.2. The second-order valence-corrected chi connectivity index (χ2v) is 6.71. The van der Waals surface area contributed by atoms with Crippen LogP contribution in [0.4, 0.5) is 0 Å². The Balaban J connectivity index is 1.56. The Morgan fingerprint density at radius 1 is 1.42 bits per heavy atom. The highest BCUT2D eigenvalue weighted by Gasteiger charge is 2.19. The van der Waals surface area contributed by atoms with Crippen LogP contribution in [0.25, 0.3) is 10.8 Å². The highest BCUT2D eigenvalue weighted by atomic mass is 32.1. The van der Waals surface area contributed by atoms with Crippen LogP contribution in [0.1, 0.15) is 41.0 Å². The third-order valence-corrected chi connectivity index (χ3v) is 5.12. The highest BCUT2D eigenvalue weighted by Crippen LogP contribution is 2.24. The van der Waals surface area contributed by atoms with Crippen LogP contribution in [0.2, 0.25) is 0 Å². The first-order valence-electron chi connectivity index (χ1n) is 8.04. The van der Waals surface area contributed by atoms with Gasteiger partial charge in [0.15, 0.2) is 10.8 Å². The average Bonchev–Trinajstić information content (AvgIpc) is 3.17. The normalized spacial score (nSPS) is 15.4. The van der Waals surface area contributed by atoms with E-state index in [-0.39, 0.29) is 11.8 Å². The maximum Gasteiger partial charge on any atom is 0.263 e. The van der Waals surface area contributed by atoms with Crippen LogP contribution in [0.5, 0.6) is 0 Å². The van der Waals surface area contributed by atoms with Crippen molar-refractivity contribution in [1.29, 1.82) is 0 Å².